The highest BCUT2D eigenvalue weighted by atomic mass is 35.5. The Morgan fingerprint density at radius 1 is 0.926 bits per heavy atom. The number of halogens is 1. The van der Waals surface area contributed by atoms with Crippen molar-refractivity contribution >= 4 is 17.2 Å². The predicted molar refractivity (Wildman–Crippen MR) is 111 cm³/mol. The number of rotatable bonds is 3. The second-order valence-corrected chi connectivity index (χ2v) is 7.77. The lowest BCUT2D eigenvalue weighted by Gasteiger charge is -2.18. The third kappa shape index (κ3) is 3.36. The minimum absolute atomic E-state index is 0.717. The minimum Gasteiger partial charge on any atom is -0.386 e. The Labute approximate surface area is 163 Å². The molecular weight excluding hydrogens is 356 g/mol. The Hall–Kier alpha value is -2.62. The lowest BCUT2D eigenvalue weighted by Crippen LogP contribution is -2.15. The molecule has 4 rings (SSSR count). The number of nitrogens with zero attached hydrogens (tertiary/aromatic N) is 2. The van der Waals surface area contributed by atoms with Gasteiger partial charge >= 0.3 is 0 Å². The molecule has 0 bridgehead atoms. The molecule has 4 aromatic rings. The topological polar surface area (TPSA) is 37.5 Å². The van der Waals surface area contributed by atoms with Gasteiger partial charge in [-0.15, -0.1) is 0 Å². The summed E-state index contributed by atoms with van der Waals surface area (Å²) in [5, 5.41) is 11.0. The van der Waals surface area contributed by atoms with Gasteiger partial charge in [-0.1, -0.05) is 41.9 Å². The summed E-state index contributed by atoms with van der Waals surface area (Å²) in [6, 6.07) is 19.9. The molecule has 27 heavy (non-hydrogen) atoms. The number of hydrogen-bond donors (Lipinski definition) is 1. The summed E-state index contributed by atoms with van der Waals surface area (Å²) in [4.78, 5) is 4.78. The van der Waals surface area contributed by atoms with Gasteiger partial charge in [0.25, 0.3) is 0 Å². The van der Waals surface area contributed by atoms with E-state index in [1.807, 2.05) is 48.5 Å². The number of aryl methyl sites for hydroxylation is 1. The lowest BCUT2D eigenvalue weighted by molar-refractivity contribution is 0.0786. The fourth-order valence-corrected chi connectivity index (χ4v) is 3.42. The van der Waals surface area contributed by atoms with Crippen LogP contribution in [0.2, 0.25) is 5.02 Å². The highest BCUT2D eigenvalue weighted by Gasteiger charge is 2.17. The van der Waals surface area contributed by atoms with E-state index >= 15 is 0 Å². The van der Waals surface area contributed by atoms with Crippen molar-refractivity contribution < 1.29 is 5.11 Å². The lowest BCUT2D eigenvalue weighted by atomic mass is 9.95. The largest absolute Gasteiger partial charge is 0.386 e. The van der Waals surface area contributed by atoms with E-state index in [9.17, 15) is 5.11 Å². The van der Waals surface area contributed by atoms with Crippen LogP contribution in [-0.4, -0.2) is 14.5 Å². The van der Waals surface area contributed by atoms with E-state index in [0.717, 1.165) is 39.3 Å². The van der Waals surface area contributed by atoms with Crippen LogP contribution in [0, 0.1) is 6.92 Å². The van der Waals surface area contributed by atoms with E-state index in [0.29, 0.717) is 5.02 Å². The van der Waals surface area contributed by atoms with Crippen molar-refractivity contribution in [2.24, 2.45) is 0 Å². The summed E-state index contributed by atoms with van der Waals surface area (Å²) >= 11 is 6.01. The van der Waals surface area contributed by atoms with Crippen molar-refractivity contribution in [3.05, 3.63) is 83.1 Å². The summed E-state index contributed by atoms with van der Waals surface area (Å²) in [6.45, 7) is 5.67. The van der Waals surface area contributed by atoms with Crippen LogP contribution in [-0.2, 0) is 5.60 Å². The molecule has 0 aliphatic rings. The molecule has 0 amide bonds. The molecule has 4 heteroatoms. The van der Waals surface area contributed by atoms with Gasteiger partial charge in [-0.3, -0.25) is 0 Å². The maximum Gasteiger partial charge on any atom is 0.137 e. The molecule has 136 valence electrons. The predicted octanol–water partition coefficient (Wildman–Crippen LogP) is 5.86. The van der Waals surface area contributed by atoms with E-state index in [4.69, 9.17) is 16.6 Å². The smallest absolute Gasteiger partial charge is 0.137 e. The first-order chi connectivity index (χ1) is 12.8. The van der Waals surface area contributed by atoms with Gasteiger partial charge in [-0.2, -0.15) is 0 Å². The van der Waals surface area contributed by atoms with Gasteiger partial charge in [0.05, 0.1) is 11.3 Å². The van der Waals surface area contributed by atoms with Crippen molar-refractivity contribution in [2.75, 3.05) is 0 Å². The first-order valence-corrected chi connectivity index (χ1v) is 9.29. The number of imidazole rings is 1. The van der Waals surface area contributed by atoms with Crippen LogP contribution in [0.15, 0.2) is 66.9 Å². The highest BCUT2D eigenvalue weighted by molar-refractivity contribution is 6.30. The van der Waals surface area contributed by atoms with Crippen LogP contribution in [0.5, 0.6) is 0 Å². The Morgan fingerprint density at radius 2 is 1.63 bits per heavy atom. The van der Waals surface area contributed by atoms with Gasteiger partial charge in [0.15, 0.2) is 0 Å². The molecule has 1 N–H and O–H groups in total. The summed E-state index contributed by atoms with van der Waals surface area (Å²) in [6.07, 6.45) is 2.10. The van der Waals surface area contributed by atoms with Crippen LogP contribution in [0.25, 0.3) is 28.0 Å². The molecule has 0 fully saturated rings. The first kappa shape index (κ1) is 17.8. The van der Waals surface area contributed by atoms with Gasteiger partial charge in [-0.25, -0.2) is 4.98 Å². The molecule has 2 aromatic carbocycles. The quantitative estimate of drug-likeness (QED) is 0.486. The number of benzene rings is 2. The first-order valence-electron chi connectivity index (χ1n) is 8.91. The number of hydrogen-bond acceptors (Lipinski definition) is 2. The molecule has 0 spiro atoms. The van der Waals surface area contributed by atoms with Gasteiger partial charge in [0.2, 0.25) is 0 Å². The van der Waals surface area contributed by atoms with Crippen molar-refractivity contribution in [3.63, 3.8) is 0 Å². The molecule has 3 nitrogen and oxygen atoms in total. The SMILES string of the molecule is Cc1c(-c2ccc(Cl)cc2)nc2ccc(-c3cccc(C(C)(C)O)c3)cn12. The molecule has 0 aliphatic carbocycles. The zero-order valence-corrected chi connectivity index (χ0v) is 16.3. The van der Waals surface area contributed by atoms with Crippen LogP contribution in [0.1, 0.15) is 25.1 Å². The molecular formula is C23H21ClN2O. The monoisotopic (exact) mass is 376 g/mol. The van der Waals surface area contributed by atoms with Gasteiger partial charge < -0.3 is 9.51 Å². The number of aromatic nitrogens is 2. The molecule has 0 saturated carbocycles. The Balaban J connectivity index is 1.81. The van der Waals surface area contributed by atoms with E-state index in [1.54, 1.807) is 13.8 Å². The van der Waals surface area contributed by atoms with E-state index < -0.39 is 5.60 Å². The van der Waals surface area contributed by atoms with Crippen LogP contribution < -0.4 is 0 Å². The van der Waals surface area contributed by atoms with E-state index in [2.05, 4.69) is 29.7 Å². The van der Waals surface area contributed by atoms with Gasteiger partial charge in [0.1, 0.15) is 5.65 Å². The summed E-state index contributed by atoms with van der Waals surface area (Å²) < 4.78 is 2.11. The zero-order chi connectivity index (χ0) is 19.2. The third-order valence-corrected chi connectivity index (χ3v) is 5.13. The second kappa shape index (κ2) is 6.52. The highest BCUT2D eigenvalue weighted by Crippen LogP contribution is 2.29. The Morgan fingerprint density at radius 3 is 2.33 bits per heavy atom. The summed E-state index contributed by atoms with van der Waals surface area (Å²) in [7, 11) is 0. The molecule has 0 aliphatic heterocycles. The fourth-order valence-electron chi connectivity index (χ4n) is 3.29. The average molecular weight is 377 g/mol. The van der Waals surface area contributed by atoms with Crippen LogP contribution in [0.3, 0.4) is 0 Å². The summed E-state index contributed by atoms with van der Waals surface area (Å²) in [5.41, 5.74) is 6.15. The maximum absolute atomic E-state index is 10.3. The van der Waals surface area contributed by atoms with Gasteiger partial charge in [0, 0.05) is 22.5 Å². The normalized spacial score (nSPS) is 11.9. The Bertz CT molecular complexity index is 1120. The maximum atomic E-state index is 10.3. The summed E-state index contributed by atoms with van der Waals surface area (Å²) in [5.74, 6) is 0. The standard InChI is InChI=1S/C23H21ClN2O/c1-15-22(16-7-10-20(24)11-8-16)25-21-12-9-18(14-26(15)21)17-5-4-6-19(13-17)23(2,3)27/h4-14,27H,1-3H3. The molecule has 2 heterocycles. The van der Waals surface area contributed by atoms with Crippen LogP contribution in [0.4, 0.5) is 0 Å². The molecule has 0 radical (unpaired) electrons. The average Bonchev–Trinajstić information content (AvgIpc) is 2.98. The second-order valence-electron chi connectivity index (χ2n) is 7.34. The molecule has 0 saturated heterocycles. The van der Waals surface area contributed by atoms with Crippen molar-refractivity contribution in [1.82, 2.24) is 9.38 Å². The minimum atomic E-state index is -0.868. The van der Waals surface area contributed by atoms with Crippen LogP contribution >= 0.6 is 11.6 Å². The van der Waals surface area contributed by atoms with Crippen molar-refractivity contribution in [1.29, 1.82) is 0 Å². The van der Waals surface area contributed by atoms with E-state index in [-0.39, 0.29) is 0 Å². The number of pyridine rings is 1. The molecule has 0 unspecified atom stereocenters. The van der Waals surface area contributed by atoms with Crippen molar-refractivity contribution in [3.8, 4) is 22.4 Å². The fraction of sp³-hybridized carbons (Fsp3) is 0.174. The molecule has 0 atom stereocenters. The third-order valence-electron chi connectivity index (χ3n) is 4.88. The van der Waals surface area contributed by atoms with Crippen molar-refractivity contribution in [2.45, 2.75) is 26.4 Å². The zero-order valence-electron chi connectivity index (χ0n) is 15.6. The van der Waals surface area contributed by atoms with E-state index in [1.165, 1.54) is 0 Å². The number of fused-ring (bicyclic) bond motifs is 1. The Kier molecular flexibility index (Phi) is 4.29. The number of aliphatic hydroxyl groups is 1. The van der Waals surface area contributed by atoms with Gasteiger partial charge in [-0.05, 0) is 67.8 Å². The molecule has 2 aromatic heterocycles.